The summed E-state index contributed by atoms with van der Waals surface area (Å²) in [6.45, 7) is 10.5. The first-order chi connectivity index (χ1) is 15.4. The van der Waals surface area contributed by atoms with Gasteiger partial charge in [0.1, 0.15) is 6.33 Å². The Morgan fingerprint density at radius 2 is 2.06 bits per heavy atom. The molecule has 8 heteroatoms. The Hall–Kier alpha value is -2.71. The summed E-state index contributed by atoms with van der Waals surface area (Å²) in [6, 6.07) is 4.17. The molecule has 4 aromatic heterocycles. The fourth-order valence-corrected chi connectivity index (χ4v) is 6.01. The van der Waals surface area contributed by atoms with E-state index >= 15 is 0 Å². The fourth-order valence-electron chi connectivity index (χ4n) is 4.70. The van der Waals surface area contributed by atoms with E-state index in [1.807, 2.05) is 28.7 Å². The van der Waals surface area contributed by atoms with E-state index in [0.29, 0.717) is 5.92 Å². The van der Waals surface area contributed by atoms with Crippen LogP contribution in [0.5, 0.6) is 0 Å². The summed E-state index contributed by atoms with van der Waals surface area (Å²) >= 11 is 1.60. The van der Waals surface area contributed by atoms with Crippen molar-refractivity contribution in [3.8, 4) is 11.3 Å². The summed E-state index contributed by atoms with van der Waals surface area (Å²) in [5.74, 6) is 0.426. The first-order valence-electron chi connectivity index (χ1n) is 11.4. The molecule has 1 fully saturated rings. The third kappa shape index (κ3) is 3.71. The van der Waals surface area contributed by atoms with Crippen LogP contribution in [0.1, 0.15) is 53.4 Å². The molecule has 1 aliphatic rings. The zero-order valence-electron chi connectivity index (χ0n) is 19.2. The van der Waals surface area contributed by atoms with Crippen molar-refractivity contribution in [3.63, 3.8) is 0 Å². The Morgan fingerprint density at radius 1 is 1.28 bits per heavy atom. The van der Waals surface area contributed by atoms with Crippen molar-refractivity contribution in [3.05, 3.63) is 40.7 Å². The van der Waals surface area contributed by atoms with Gasteiger partial charge in [-0.2, -0.15) is 5.10 Å². The number of aromatic nitrogens is 4. The number of aryl methyl sites for hydroxylation is 1. The van der Waals surface area contributed by atoms with Crippen molar-refractivity contribution >= 4 is 33.1 Å². The number of H-pyrrole nitrogens is 1. The Balaban J connectivity index is 1.46. The molecule has 0 unspecified atom stereocenters. The number of thiophene rings is 1. The van der Waals surface area contributed by atoms with Gasteiger partial charge in [0, 0.05) is 31.9 Å². The minimum Gasteiger partial charge on any atom is -0.354 e. The topological polar surface area (TPSA) is 69.5 Å². The molecule has 1 aliphatic heterocycles. The van der Waals surface area contributed by atoms with E-state index < -0.39 is 0 Å². The monoisotopic (exact) mass is 450 g/mol. The number of rotatable bonds is 6. The minimum atomic E-state index is 0.106. The van der Waals surface area contributed by atoms with E-state index in [9.17, 15) is 4.79 Å². The predicted molar refractivity (Wildman–Crippen MR) is 130 cm³/mol. The van der Waals surface area contributed by atoms with E-state index in [1.54, 1.807) is 17.7 Å². The zero-order chi connectivity index (χ0) is 22.4. The van der Waals surface area contributed by atoms with E-state index in [0.717, 1.165) is 59.0 Å². The molecule has 0 bridgehead atoms. The van der Waals surface area contributed by atoms with Gasteiger partial charge >= 0.3 is 0 Å². The van der Waals surface area contributed by atoms with Crippen LogP contribution in [-0.4, -0.2) is 68.5 Å². The fraction of sp³-hybridized carbons (Fsp3) is 0.458. The highest BCUT2D eigenvalue weighted by Gasteiger charge is 2.23. The van der Waals surface area contributed by atoms with Crippen molar-refractivity contribution in [2.45, 2.75) is 39.5 Å². The molecule has 0 radical (unpaired) electrons. The van der Waals surface area contributed by atoms with Crippen molar-refractivity contribution in [1.29, 1.82) is 0 Å². The number of likely N-dealkylation sites (tertiary alicyclic amines) is 1. The van der Waals surface area contributed by atoms with Gasteiger partial charge in [-0.1, -0.05) is 13.8 Å². The highest BCUT2D eigenvalue weighted by molar-refractivity contribution is 7.21. The van der Waals surface area contributed by atoms with Crippen LogP contribution in [0.2, 0.25) is 0 Å². The maximum absolute atomic E-state index is 13.1. The molecular formula is C24H30N6OS. The summed E-state index contributed by atoms with van der Waals surface area (Å²) in [7, 11) is 1.91. The molecule has 32 heavy (non-hydrogen) atoms. The predicted octanol–water partition coefficient (Wildman–Crippen LogP) is 4.54. The number of pyridine rings is 1. The molecule has 5 rings (SSSR count). The third-order valence-electron chi connectivity index (χ3n) is 6.44. The number of hydrogen-bond donors (Lipinski definition) is 1. The van der Waals surface area contributed by atoms with Crippen LogP contribution in [-0.2, 0) is 0 Å². The molecule has 0 aromatic carbocycles. The van der Waals surface area contributed by atoms with E-state index in [-0.39, 0.29) is 5.91 Å². The van der Waals surface area contributed by atoms with Gasteiger partial charge in [0.25, 0.3) is 5.91 Å². The SMILES string of the molecule is Cc1cc(-c2[nH]c3cc(C(=O)N(C)CCN4CCCC4)sc3c2C(C)C)cn2ncnc12. The quantitative estimate of drug-likeness (QED) is 0.468. The number of amides is 1. The van der Waals surface area contributed by atoms with Crippen LogP contribution in [0, 0.1) is 6.92 Å². The minimum absolute atomic E-state index is 0.106. The Bertz CT molecular complexity index is 1280. The van der Waals surface area contributed by atoms with Gasteiger partial charge in [0.2, 0.25) is 0 Å². The lowest BCUT2D eigenvalue weighted by Gasteiger charge is -2.21. The van der Waals surface area contributed by atoms with Crippen LogP contribution in [0.15, 0.2) is 24.7 Å². The van der Waals surface area contributed by atoms with Gasteiger partial charge in [-0.15, -0.1) is 11.3 Å². The van der Waals surface area contributed by atoms with E-state index in [2.05, 4.69) is 46.8 Å². The lowest BCUT2D eigenvalue weighted by Crippen LogP contribution is -2.34. The lowest BCUT2D eigenvalue weighted by atomic mass is 9.99. The van der Waals surface area contributed by atoms with Crippen molar-refractivity contribution in [2.75, 3.05) is 33.2 Å². The summed E-state index contributed by atoms with van der Waals surface area (Å²) in [5.41, 5.74) is 6.43. The summed E-state index contributed by atoms with van der Waals surface area (Å²) < 4.78 is 3.00. The van der Waals surface area contributed by atoms with Crippen molar-refractivity contribution in [1.82, 2.24) is 29.4 Å². The average Bonchev–Trinajstić information content (AvgIpc) is 3.54. The van der Waals surface area contributed by atoms with Gasteiger partial charge < -0.3 is 14.8 Å². The maximum Gasteiger partial charge on any atom is 0.263 e. The molecule has 0 aliphatic carbocycles. The highest BCUT2D eigenvalue weighted by atomic mass is 32.1. The molecular weight excluding hydrogens is 420 g/mol. The van der Waals surface area contributed by atoms with Gasteiger partial charge in [-0.3, -0.25) is 4.79 Å². The number of carbonyl (C=O) groups excluding carboxylic acids is 1. The van der Waals surface area contributed by atoms with Gasteiger partial charge in [-0.05, 0) is 62.0 Å². The lowest BCUT2D eigenvalue weighted by molar-refractivity contribution is 0.0787. The van der Waals surface area contributed by atoms with Crippen LogP contribution in [0.4, 0.5) is 0 Å². The Labute approximate surface area is 192 Å². The van der Waals surface area contributed by atoms with Gasteiger partial charge in [0.05, 0.1) is 20.8 Å². The number of nitrogens with zero attached hydrogens (tertiary/aromatic N) is 5. The van der Waals surface area contributed by atoms with Gasteiger partial charge in [-0.25, -0.2) is 9.50 Å². The molecule has 1 saturated heterocycles. The van der Waals surface area contributed by atoms with E-state index in [1.165, 1.54) is 23.1 Å². The normalized spacial score (nSPS) is 14.9. The van der Waals surface area contributed by atoms with Crippen molar-refractivity contribution in [2.24, 2.45) is 0 Å². The molecule has 7 nitrogen and oxygen atoms in total. The van der Waals surface area contributed by atoms with Crippen LogP contribution in [0.25, 0.3) is 27.1 Å². The Kier molecular flexibility index (Phi) is 5.51. The molecule has 5 heterocycles. The van der Waals surface area contributed by atoms with Crippen molar-refractivity contribution < 1.29 is 4.79 Å². The summed E-state index contributed by atoms with van der Waals surface area (Å²) in [4.78, 5) is 26.1. The smallest absolute Gasteiger partial charge is 0.263 e. The molecule has 0 atom stereocenters. The molecule has 0 spiro atoms. The number of likely N-dealkylation sites (N-methyl/N-ethyl adjacent to an activating group) is 1. The number of aromatic amines is 1. The second-order valence-corrected chi connectivity index (χ2v) is 10.2. The largest absolute Gasteiger partial charge is 0.354 e. The highest BCUT2D eigenvalue weighted by Crippen LogP contribution is 2.40. The summed E-state index contributed by atoms with van der Waals surface area (Å²) in [6.07, 6.45) is 6.16. The second kappa shape index (κ2) is 8.33. The van der Waals surface area contributed by atoms with Crippen LogP contribution >= 0.6 is 11.3 Å². The van der Waals surface area contributed by atoms with Gasteiger partial charge in [0.15, 0.2) is 5.65 Å². The molecule has 4 aromatic rings. The Morgan fingerprint density at radius 3 is 2.81 bits per heavy atom. The van der Waals surface area contributed by atoms with E-state index in [4.69, 9.17) is 0 Å². The standard InChI is InChI=1S/C24H30N6OS/c1-15(2)20-21(17-11-16(3)23-25-14-26-30(23)13-17)27-18-12-19(32-22(18)20)24(31)28(4)9-10-29-7-5-6-8-29/h11-15,27H,5-10H2,1-4H3. The van der Waals surface area contributed by atoms with Crippen LogP contribution in [0.3, 0.4) is 0 Å². The number of fused-ring (bicyclic) bond motifs is 2. The van der Waals surface area contributed by atoms with Crippen LogP contribution < -0.4 is 0 Å². The number of hydrogen-bond acceptors (Lipinski definition) is 5. The zero-order valence-corrected chi connectivity index (χ0v) is 20.0. The first kappa shape index (κ1) is 21.2. The number of carbonyl (C=O) groups is 1. The summed E-state index contributed by atoms with van der Waals surface area (Å²) in [5, 5.41) is 4.33. The number of nitrogens with one attached hydrogen (secondary N) is 1. The molecule has 0 saturated carbocycles. The first-order valence-corrected chi connectivity index (χ1v) is 12.2. The molecule has 1 N–H and O–H groups in total. The molecule has 1 amide bonds. The second-order valence-electron chi connectivity index (χ2n) is 9.14. The average molecular weight is 451 g/mol. The molecule has 168 valence electrons. The third-order valence-corrected chi connectivity index (χ3v) is 7.60. The maximum atomic E-state index is 13.1.